The van der Waals surface area contributed by atoms with E-state index in [4.69, 9.17) is 0 Å². The van der Waals surface area contributed by atoms with Crippen LogP contribution in [-0.4, -0.2) is 35.8 Å². The van der Waals surface area contributed by atoms with Gasteiger partial charge in [-0.2, -0.15) is 0 Å². The Morgan fingerprint density at radius 2 is 1.79 bits per heavy atom. The number of amides is 2. The molecule has 0 saturated carbocycles. The lowest BCUT2D eigenvalue weighted by Crippen LogP contribution is -2.57. The molecule has 0 spiro atoms. The van der Waals surface area contributed by atoms with Crippen LogP contribution in [0.3, 0.4) is 0 Å². The van der Waals surface area contributed by atoms with Crippen molar-refractivity contribution in [1.82, 2.24) is 4.90 Å². The maximum Gasteiger partial charge on any atom is 0.257 e. The van der Waals surface area contributed by atoms with Crippen LogP contribution in [0.15, 0.2) is 53.0 Å². The summed E-state index contributed by atoms with van der Waals surface area (Å²) >= 11 is 3.37. The molecule has 24 heavy (non-hydrogen) atoms. The lowest BCUT2D eigenvalue weighted by atomic mass is 10.1. The normalized spacial score (nSPS) is 18.0. The third kappa shape index (κ3) is 3.06. The third-order valence-corrected chi connectivity index (χ3v) is 4.69. The second-order valence-corrected chi connectivity index (χ2v) is 6.54. The van der Waals surface area contributed by atoms with Gasteiger partial charge in [0.1, 0.15) is 11.9 Å². The van der Waals surface area contributed by atoms with Gasteiger partial charge in [-0.15, -0.1) is 0 Å². The predicted octanol–water partition coefficient (Wildman–Crippen LogP) is 3.47. The quantitative estimate of drug-likeness (QED) is 0.787. The molecular weight excluding hydrogens is 375 g/mol. The van der Waals surface area contributed by atoms with Crippen LogP contribution in [0, 0.1) is 5.82 Å². The van der Waals surface area contributed by atoms with Crippen LogP contribution in [0.5, 0.6) is 0 Å². The first-order chi connectivity index (χ1) is 11.5. The number of nitrogens with zero attached hydrogens (tertiary/aromatic N) is 2. The van der Waals surface area contributed by atoms with Gasteiger partial charge in [-0.25, -0.2) is 4.39 Å². The summed E-state index contributed by atoms with van der Waals surface area (Å²) < 4.78 is 14.8. The molecule has 3 rings (SSSR count). The minimum Gasteiger partial charge on any atom is -0.325 e. The van der Waals surface area contributed by atoms with Crippen LogP contribution in [-0.2, 0) is 4.79 Å². The molecule has 1 aliphatic rings. The molecule has 1 saturated heterocycles. The summed E-state index contributed by atoms with van der Waals surface area (Å²) in [5, 5.41) is 0. The molecule has 1 fully saturated rings. The molecule has 0 radical (unpaired) electrons. The number of piperazine rings is 1. The van der Waals surface area contributed by atoms with Gasteiger partial charge in [0.05, 0.1) is 5.56 Å². The van der Waals surface area contributed by atoms with Crippen molar-refractivity contribution in [1.29, 1.82) is 0 Å². The van der Waals surface area contributed by atoms with Crippen molar-refractivity contribution in [2.24, 2.45) is 0 Å². The Labute approximate surface area is 148 Å². The highest BCUT2D eigenvalue weighted by molar-refractivity contribution is 9.10. The topological polar surface area (TPSA) is 40.6 Å². The maximum atomic E-state index is 13.9. The SMILES string of the molecule is C[C@@H]1C(=O)N(c2ccc(Br)cc2)CCN1C(=O)c1ccccc1F. The molecule has 2 aromatic rings. The monoisotopic (exact) mass is 390 g/mol. The van der Waals surface area contributed by atoms with E-state index in [0.29, 0.717) is 13.1 Å². The number of hydrogen-bond donors (Lipinski definition) is 0. The van der Waals surface area contributed by atoms with Crippen LogP contribution in [0.25, 0.3) is 0 Å². The van der Waals surface area contributed by atoms with E-state index in [0.717, 1.165) is 10.2 Å². The molecule has 1 atom stereocenters. The Bertz CT molecular complexity index is 779. The number of halogens is 2. The van der Waals surface area contributed by atoms with E-state index < -0.39 is 17.8 Å². The molecule has 0 N–H and O–H groups in total. The zero-order chi connectivity index (χ0) is 17.3. The summed E-state index contributed by atoms with van der Waals surface area (Å²) in [5.74, 6) is -1.20. The van der Waals surface area contributed by atoms with Gasteiger partial charge in [-0.1, -0.05) is 28.1 Å². The molecule has 0 aliphatic carbocycles. The number of anilines is 1. The predicted molar refractivity (Wildman–Crippen MR) is 93.4 cm³/mol. The highest BCUT2D eigenvalue weighted by atomic mass is 79.9. The van der Waals surface area contributed by atoms with Crippen LogP contribution in [0.4, 0.5) is 10.1 Å². The smallest absolute Gasteiger partial charge is 0.257 e. The fraction of sp³-hybridized carbons (Fsp3) is 0.222. The van der Waals surface area contributed by atoms with Gasteiger partial charge in [0.25, 0.3) is 5.91 Å². The lowest BCUT2D eigenvalue weighted by molar-refractivity contribution is -0.124. The molecule has 4 nitrogen and oxygen atoms in total. The van der Waals surface area contributed by atoms with Crippen molar-refractivity contribution in [2.45, 2.75) is 13.0 Å². The Morgan fingerprint density at radius 1 is 1.12 bits per heavy atom. The molecule has 0 bridgehead atoms. The molecule has 2 aromatic carbocycles. The molecule has 1 heterocycles. The lowest BCUT2D eigenvalue weighted by Gasteiger charge is -2.39. The Balaban J connectivity index is 1.81. The zero-order valence-electron chi connectivity index (χ0n) is 13.1. The van der Waals surface area contributed by atoms with Crippen LogP contribution >= 0.6 is 15.9 Å². The largest absolute Gasteiger partial charge is 0.325 e. The number of hydrogen-bond acceptors (Lipinski definition) is 2. The Hall–Kier alpha value is -2.21. The minimum absolute atomic E-state index is 0.00533. The van der Waals surface area contributed by atoms with E-state index >= 15 is 0 Å². The molecule has 6 heteroatoms. The van der Waals surface area contributed by atoms with Crippen molar-refractivity contribution in [3.8, 4) is 0 Å². The Morgan fingerprint density at radius 3 is 2.46 bits per heavy atom. The van der Waals surface area contributed by atoms with E-state index in [2.05, 4.69) is 15.9 Å². The molecule has 124 valence electrons. The van der Waals surface area contributed by atoms with Gasteiger partial charge in [-0.05, 0) is 43.3 Å². The molecule has 0 aromatic heterocycles. The summed E-state index contributed by atoms with van der Waals surface area (Å²) in [6.45, 7) is 2.41. The van der Waals surface area contributed by atoms with E-state index in [9.17, 15) is 14.0 Å². The van der Waals surface area contributed by atoms with Crippen molar-refractivity contribution < 1.29 is 14.0 Å². The average molecular weight is 391 g/mol. The molecule has 2 amide bonds. The second-order valence-electron chi connectivity index (χ2n) is 5.62. The first-order valence-corrected chi connectivity index (χ1v) is 8.41. The van der Waals surface area contributed by atoms with Crippen molar-refractivity contribution in [3.63, 3.8) is 0 Å². The van der Waals surface area contributed by atoms with Crippen molar-refractivity contribution in [2.75, 3.05) is 18.0 Å². The first kappa shape index (κ1) is 16.6. The highest BCUT2D eigenvalue weighted by Crippen LogP contribution is 2.24. The molecule has 0 unspecified atom stereocenters. The third-order valence-electron chi connectivity index (χ3n) is 4.16. The number of benzene rings is 2. The average Bonchev–Trinajstić information content (AvgIpc) is 2.58. The fourth-order valence-electron chi connectivity index (χ4n) is 2.81. The Kier molecular flexibility index (Phi) is 4.66. The standard InChI is InChI=1S/C18H16BrFN2O2/c1-12-17(23)22(14-8-6-13(19)7-9-14)11-10-21(12)18(24)15-4-2-3-5-16(15)20/h2-9,12H,10-11H2,1H3/t12-/m1/s1. The van der Waals surface area contributed by atoms with Crippen LogP contribution in [0.1, 0.15) is 17.3 Å². The van der Waals surface area contributed by atoms with Crippen molar-refractivity contribution in [3.05, 3.63) is 64.4 Å². The summed E-state index contributed by atoms with van der Waals surface area (Å²) in [6.07, 6.45) is 0. The second kappa shape index (κ2) is 6.73. The van der Waals surface area contributed by atoms with Crippen LogP contribution in [0.2, 0.25) is 0 Å². The molecular formula is C18H16BrFN2O2. The highest BCUT2D eigenvalue weighted by Gasteiger charge is 2.35. The summed E-state index contributed by atoms with van der Waals surface area (Å²) in [5.41, 5.74) is 0.780. The first-order valence-electron chi connectivity index (χ1n) is 7.61. The minimum atomic E-state index is -0.644. The molecule has 1 aliphatic heterocycles. The summed E-state index contributed by atoms with van der Waals surface area (Å²) in [4.78, 5) is 28.3. The fourth-order valence-corrected chi connectivity index (χ4v) is 3.08. The van der Waals surface area contributed by atoms with Gasteiger partial charge in [0.15, 0.2) is 0 Å². The zero-order valence-corrected chi connectivity index (χ0v) is 14.7. The summed E-state index contributed by atoms with van der Waals surface area (Å²) in [6, 6.07) is 12.6. The summed E-state index contributed by atoms with van der Waals surface area (Å²) in [7, 11) is 0. The van der Waals surface area contributed by atoms with Gasteiger partial charge in [0, 0.05) is 23.2 Å². The van der Waals surface area contributed by atoms with Gasteiger partial charge in [-0.3, -0.25) is 9.59 Å². The van der Waals surface area contributed by atoms with Gasteiger partial charge >= 0.3 is 0 Å². The van der Waals surface area contributed by atoms with Crippen molar-refractivity contribution >= 4 is 33.4 Å². The van der Waals surface area contributed by atoms with Gasteiger partial charge < -0.3 is 9.80 Å². The van der Waals surface area contributed by atoms with Crippen LogP contribution < -0.4 is 4.90 Å². The number of carbonyl (C=O) groups excluding carboxylic acids is 2. The van der Waals surface area contributed by atoms with E-state index in [-0.39, 0.29) is 11.5 Å². The number of rotatable bonds is 2. The number of carbonyl (C=O) groups is 2. The van der Waals surface area contributed by atoms with Gasteiger partial charge in [0.2, 0.25) is 5.91 Å². The maximum absolute atomic E-state index is 13.9. The van der Waals surface area contributed by atoms with E-state index in [1.54, 1.807) is 17.9 Å². The van der Waals surface area contributed by atoms with E-state index in [1.165, 1.54) is 23.1 Å². The van der Waals surface area contributed by atoms with E-state index in [1.807, 2.05) is 24.3 Å².